The van der Waals surface area contributed by atoms with Gasteiger partial charge < -0.3 is 19.5 Å². The van der Waals surface area contributed by atoms with E-state index in [1.165, 1.54) is 24.3 Å². The fourth-order valence-electron chi connectivity index (χ4n) is 2.63. The number of nitrogens with zero attached hydrogens (tertiary/aromatic N) is 1. The van der Waals surface area contributed by atoms with Crippen molar-refractivity contribution in [3.8, 4) is 5.75 Å². The molecule has 0 aliphatic heterocycles. The number of carbonyl (C=O) groups excluding carboxylic acids is 3. The maximum absolute atomic E-state index is 12.7. The maximum atomic E-state index is 12.7. The van der Waals surface area contributed by atoms with Crippen LogP contribution in [0.1, 0.15) is 39.2 Å². The van der Waals surface area contributed by atoms with E-state index in [0.29, 0.717) is 0 Å². The molecule has 0 aliphatic rings. The quantitative estimate of drug-likeness (QED) is 0.259. The molecule has 2 aromatic carbocycles. The molecular formula is C23H26N2O8. The summed E-state index contributed by atoms with van der Waals surface area (Å²) in [4.78, 5) is 47.1. The van der Waals surface area contributed by atoms with Crippen molar-refractivity contribution < 1.29 is 33.5 Å². The number of esters is 2. The normalized spacial score (nSPS) is 11.7. The molecule has 10 nitrogen and oxygen atoms in total. The van der Waals surface area contributed by atoms with Gasteiger partial charge in [-0.3, -0.25) is 14.9 Å². The first kappa shape index (κ1) is 25.3. The first-order chi connectivity index (χ1) is 15.5. The van der Waals surface area contributed by atoms with Gasteiger partial charge in [0.25, 0.3) is 5.69 Å². The Morgan fingerprint density at radius 2 is 1.67 bits per heavy atom. The summed E-state index contributed by atoms with van der Waals surface area (Å²) >= 11 is 0. The summed E-state index contributed by atoms with van der Waals surface area (Å²) in [7, 11) is 0. The van der Waals surface area contributed by atoms with Crippen LogP contribution < -0.4 is 10.1 Å². The lowest BCUT2D eigenvalue weighted by Gasteiger charge is -2.21. The van der Waals surface area contributed by atoms with Gasteiger partial charge in [0.15, 0.2) is 0 Å². The van der Waals surface area contributed by atoms with Crippen molar-refractivity contribution in [1.29, 1.82) is 0 Å². The smallest absolute Gasteiger partial charge is 0.408 e. The summed E-state index contributed by atoms with van der Waals surface area (Å²) in [5.41, 5.74) is -0.112. The standard InChI is InChI=1S/C23H26N2O8/c1-23(2,3)33-20(26)14-13-19(24-22(28)31-15-16-7-5-4-6-8-16)21(27)32-18-11-9-17(10-12-18)25(29)30/h4-12,19H,13-15H2,1-3H3,(H,24,28)/t19-/m0/s1. The SMILES string of the molecule is CC(C)(C)OC(=O)CC[C@H](NC(=O)OCc1ccccc1)C(=O)Oc1ccc([N+](=O)[O-])cc1. The number of alkyl carbamates (subject to hydrolysis) is 1. The maximum Gasteiger partial charge on any atom is 0.408 e. The molecule has 0 spiro atoms. The highest BCUT2D eigenvalue weighted by Gasteiger charge is 2.26. The van der Waals surface area contributed by atoms with Gasteiger partial charge in [-0.15, -0.1) is 0 Å². The molecule has 1 atom stereocenters. The molecule has 1 N–H and O–H groups in total. The van der Waals surface area contributed by atoms with E-state index in [9.17, 15) is 24.5 Å². The van der Waals surface area contributed by atoms with Gasteiger partial charge in [-0.1, -0.05) is 30.3 Å². The van der Waals surface area contributed by atoms with Crippen LogP contribution >= 0.6 is 0 Å². The van der Waals surface area contributed by atoms with Crippen molar-refractivity contribution in [3.63, 3.8) is 0 Å². The second kappa shape index (κ2) is 11.6. The van der Waals surface area contributed by atoms with Crippen LogP contribution in [-0.4, -0.2) is 34.6 Å². The Labute approximate surface area is 191 Å². The number of nitrogens with one attached hydrogen (secondary N) is 1. The van der Waals surface area contributed by atoms with Crippen molar-refractivity contribution in [2.24, 2.45) is 0 Å². The van der Waals surface area contributed by atoms with Gasteiger partial charge in [0.1, 0.15) is 24.0 Å². The number of hydrogen-bond donors (Lipinski definition) is 1. The van der Waals surface area contributed by atoms with Gasteiger partial charge in [0.2, 0.25) is 0 Å². The minimum Gasteiger partial charge on any atom is -0.460 e. The molecule has 33 heavy (non-hydrogen) atoms. The summed E-state index contributed by atoms with van der Waals surface area (Å²) in [6, 6.07) is 12.6. The molecule has 176 valence electrons. The molecule has 0 aromatic heterocycles. The van der Waals surface area contributed by atoms with Crippen LogP contribution in [0.4, 0.5) is 10.5 Å². The number of rotatable bonds is 9. The Hall–Kier alpha value is -3.95. The van der Waals surface area contributed by atoms with Crippen LogP contribution in [0.25, 0.3) is 0 Å². The predicted molar refractivity (Wildman–Crippen MR) is 117 cm³/mol. The highest BCUT2D eigenvalue weighted by molar-refractivity contribution is 5.83. The Morgan fingerprint density at radius 3 is 2.24 bits per heavy atom. The number of benzene rings is 2. The number of carbonyl (C=O) groups is 3. The summed E-state index contributed by atoms with van der Waals surface area (Å²) in [5, 5.41) is 13.2. The van der Waals surface area contributed by atoms with E-state index in [1.54, 1.807) is 45.0 Å². The molecule has 0 heterocycles. The average Bonchev–Trinajstić information content (AvgIpc) is 2.75. The zero-order valence-electron chi connectivity index (χ0n) is 18.6. The predicted octanol–water partition coefficient (Wildman–Crippen LogP) is 3.92. The molecule has 2 aromatic rings. The lowest BCUT2D eigenvalue weighted by atomic mass is 10.1. The minimum atomic E-state index is -1.21. The first-order valence-corrected chi connectivity index (χ1v) is 10.2. The van der Waals surface area contributed by atoms with Gasteiger partial charge in [0.05, 0.1) is 4.92 Å². The van der Waals surface area contributed by atoms with Crippen LogP contribution in [0.5, 0.6) is 5.75 Å². The van der Waals surface area contributed by atoms with Crippen LogP contribution in [0, 0.1) is 10.1 Å². The van der Waals surface area contributed by atoms with Crippen LogP contribution in [0.15, 0.2) is 54.6 Å². The lowest BCUT2D eigenvalue weighted by Crippen LogP contribution is -2.43. The number of non-ortho nitro benzene ring substituents is 1. The van der Waals surface area contributed by atoms with Crippen LogP contribution in [0.3, 0.4) is 0 Å². The molecule has 0 unspecified atom stereocenters. The van der Waals surface area contributed by atoms with E-state index >= 15 is 0 Å². The fourth-order valence-corrected chi connectivity index (χ4v) is 2.63. The fraction of sp³-hybridized carbons (Fsp3) is 0.348. The topological polar surface area (TPSA) is 134 Å². The molecule has 0 radical (unpaired) electrons. The molecule has 0 saturated carbocycles. The molecule has 10 heteroatoms. The molecule has 0 bridgehead atoms. The summed E-state index contributed by atoms with van der Waals surface area (Å²) < 4.78 is 15.6. The van der Waals surface area contributed by atoms with E-state index in [0.717, 1.165) is 5.56 Å². The Bertz CT molecular complexity index is 968. The van der Waals surface area contributed by atoms with Crippen molar-refractivity contribution in [2.75, 3.05) is 0 Å². The molecule has 0 aliphatic carbocycles. The molecular weight excluding hydrogens is 432 g/mol. The third-order valence-electron chi connectivity index (χ3n) is 4.11. The Kier molecular flexibility index (Phi) is 8.90. The van der Waals surface area contributed by atoms with Crippen molar-refractivity contribution in [2.45, 2.75) is 51.9 Å². The van der Waals surface area contributed by atoms with Crippen molar-refractivity contribution in [1.82, 2.24) is 5.32 Å². The Balaban J connectivity index is 2.02. The van der Waals surface area contributed by atoms with Gasteiger partial charge in [0, 0.05) is 18.6 Å². The zero-order valence-corrected chi connectivity index (χ0v) is 18.6. The minimum absolute atomic E-state index is 0.0111. The monoisotopic (exact) mass is 458 g/mol. The first-order valence-electron chi connectivity index (χ1n) is 10.2. The number of amides is 1. The molecule has 1 amide bonds. The highest BCUT2D eigenvalue weighted by atomic mass is 16.6. The van der Waals surface area contributed by atoms with Gasteiger partial charge >= 0.3 is 18.0 Å². The highest BCUT2D eigenvalue weighted by Crippen LogP contribution is 2.18. The van der Waals surface area contributed by atoms with Gasteiger partial charge in [-0.2, -0.15) is 0 Å². The second-order valence-electron chi connectivity index (χ2n) is 8.06. The van der Waals surface area contributed by atoms with Gasteiger partial charge in [-0.05, 0) is 44.9 Å². The number of nitro benzene ring substituents is 1. The third kappa shape index (κ3) is 9.38. The Morgan fingerprint density at radius 1 is 1.03 bits per heavy atom. The summed E-state index contributed by atoms with van der Waals surface area (Å²) in [6.45, 7) is 5.13. The van der Waals surface area contributed by atoms with E-state index < -0.39 is 34.6 Å². The van der Waals surface area contributed by atoms with Crippen LogP contribution in [0.2, 0.25) is 0 Å². The van der Waals surface area contributed by atoms with E-state index in [-0.39, 0.29) is 30.9 Å². The largest absolute Gasteiger partial charge is 0.460 e. The zero-order chi connectivity index (χ0) is 24.4. The molecule has 0 saturated heterocycles. The number of hydrogen-bond acceptors (Lipinski definition) is 8. The van der Waals surface area contributed by atoms with Crippen LogP contribution in [-0.2, 0) is 25.7 Å². The van der Waals surface area contributed by atoms with Gasteiger partial charge in [-0.25, -0.2) is 9.59 Å². The molecule has 2 rings (SSSR count). The van der Waals surface area contributed by atoms with Crippen molar-refractivity contribution >= 4 is 23.7 Å². The summed E-state index contributed by atoms with van der Waals surface area (Å²) in [6.07, 6.45) is -1.12. The van der Waals surface area contributed by atoms with E-state index in [1.807, 2.05) is 6.07 Å². The number of ether oxygens (including phenoxy) is 3. The summed E-state index contributed by atoms with van der Waals surface area (Å²) in [5.74, 6) is -1.36. The third-order valence-corrected chi connectivity index (χ3v) is 4.11. The second-order valence-corrected chi connectivity index (χ2v) is 8.06. The lowest BCUT2D eigenvalue weighted by molar-refractivity contribution is -0.384. The number of nitro groups is 1. The average molecular weight is 458 g/mol. The van der Waals surface area contributed by atoms with Crippen molar-refractivity contribution in [3.05, 3.63) is 70.3 Å². The van der Waals surface area contributed by atoms with E-state index in [4.69, 9.17) is 14.2 Å². The van der Waals surface area contributed by atoms with E-state index in [2.05, 4.69) is 5.32 Å². The molecule has 0 fully saturated rings.